The van der Waals surface area contributed by atoms with Crippen LogP contribution in [0.3, 0.4) is 0 Å². The zero-order valence-electron chi connectivity index (χ0n) is 16.5. The van der Waals surface area contributed by atoms with Crippen LogP contribution in [-0.4, -0.2) is 41.3 Å². The van der Waals surface area contributed by atoms with Crippen molar-refractivity contribution in [3.05, 3.63) is 59.4 Å². The molecule has 0 bridgehead atoms. The maximum atomic E-state index is 13.9. The maximum Gasteiger partial charge on any atom is 0.247 e. The Morgan fingerprint density at radius 1 is 1.27 bits per heavy atom. The number of hydrogen-bond acceptors (Lipinski definition) is 4. The fraction of sp³-hybridized carbons (Fsp3) is 0.318. The number of fused-ring (bicyclic) bond motifs is 1. The van der Waals surface area contributed by atoms with E-state index < -0.39 is 11.3 Å². The number of anilines is 2. The van der Waals surface area contributed by atoms with Crippen LogP contribution in [0.4, 0.5) is 15.8 Å². The number of carbonyl (C=O) groups excluding carboxylic acids is 3. The highest BCUT2D eigenvalue weighted by Gasteiger charge is 2.33. The van der Waals surface area contributed by atoms with Gasteiger partial charge >= 0.3 is 0 Å². The third kappa shape index (κ3) is 4.18. The third-order valence-electron chi connectivity index (χ3n) is 5.38. The molecule has 2 atom stereocenters. The van der Waals surface area contributed by atoms with Gasteiger partial charge in [0.2, 0.25) is 17.7 Å². The number of nitrogens with zero attached hydrogens (tertiary/aromatic N) is 1. The fourth-order valence-corrected chi connectivity index (χ4v) is 4.96. The molecule has 2 N–H and O–H groups in total. The quantitative estimate of drug-likeness (QED) is 0.786. The zero-order valence-corrected chi connectivity index (χ0v) is 17.3. The molecule has 30 heavy (non-hydrogen) atoms. The van der Waals surface area contributed by atoms with Crippen LogP contribution in [-0.2, 0) is 27.2 Å². The van der Waals surface area contributed by atoms with Gasteiger partial charge in [-0.15, -0.1) is 11.8 Å². The van der Waals surface area contributed by atoms with Crippen molar-refractivity contribution in [2.24, 2.45) is 0 Å². The molecule has 0 aliphatic carbocycles. The lowest BCUT2D eigenvalue weighted by Crippen LogP contribution is -2.52. The predicted molar refractivity (Wildman–Crippen MR) is 115 cm³/mol. The summed E-state index contributed by atoms with van der Waals surface area (Å²) >= 11 is 1.36. The molecule has 2 aliphatic rings. The van der Waals surface area contributed by atoms with Crippen LogP contribution in [0, 0.1) is 5.82 Å². The van der Waals surface area contributed by atoms with Gasteiger partial charge in [-0.1, -0.05) is 18.2 Å². The SMILES string of the molecule is CC(=O)N1CCc2cc(NC(=O)[C@@H]3CS[C@@H](Cc4ccccc4F)C(=O)N3)ccc21. The van der Waals surface area contributed by atoms with Crippen LogP contribution < -0.4 is 15.5 Å². The highest BCUT2D eigenvalue weighted by Crippen LogP contribution is 2.31. The summed E-state index contributed by atoms with van der Waals surface area (Å²) in [5, 5.41) is 5.18. The van der Waals surface area contributed by atoms with Crippen molar-refractivity contribution in [3.63, 3.8) is 0 Å². The number of carbonyl (C=O) groups is 3. The van der Waals surface area contributed by atoms with Crippen molar-refractivity contribution in [2.45, 2.75) is 31.1 Å². The number of rotatable bonds is 4. The molecule has 0 aromatic heterocycles. The van der Waals surface area contributed by atoms with Crippen LogP contribution in [0.2, 0.25) is 0 Å². The lowest BCUT2D eigenvalue weighted by atomic mass is 10.1. The minimum absolute atomic E-state index is 0.00239. The van der Waals surface area contributed by atoms with E-state index in [2.05, 4.69) is 10.6 Å². The van der Waals surface area contributed by atoms with Crippen molar-refractivity contribution in [1.82, 2.24) is 5.32 Å². The molecule has 156 valence electrons. The molecule has 2 aromatic carbocycles. The zero-order chi connectivity index (χ0) is 21.3. The van der Waals surface area contributed by atoms with Gasteiger partial charge in [0.1, 0.15) is 11.9 Å². The van der Waals surface area contributed by atoms with Crippen LogP contribution in [0.15, 0.2) is 42.5 Å². The highest BCUT2D eigenvalue weighted by molar-refractivity contribution is 8.00. The van der Waals surface area contributed by atoms with Crippen LogP contribution in [0.25, 0.3) is 0 Å². The average Bonchev–Trinajstić information content (AvgIpc) is 3.14. The smallest absolute Gasteiger partial charge is 0.247 e. The maximum absolute atomic E-state index is 13.9. The minimum Gasteiger partial charge on any atom is -0.343 e. The van der Waals surface area contributed by atoms with Gasteiger partial charge in [-0.2, -0.15) is 0 Å². The largest absolute Gasteiger partial charge is 0.343 e. The van der Waals surface area contributed by atoms with E-state index in [0.29, 0.717) is 23.5 Å². The summed E-state index contributed by atoms with van der Waals surface area (Å²) in [6.07, 6.45) is 1.03. The standard InChI is InChI=1S/C22H22FN3O3S/c1-13(27)26-9-8-15-10-16(6-7-19(15)26)24-21(28)18-12-30-20(22(29)25-18)11-14-4-2-3-5-17(14)23/h2-7,10,18,20H,8-9,11-12H2,1H3,(H,24,28)(H,25,29)/t18-,20-/m0/s1. The summed E-state index contributed by atoms with van der Waals surface area (Å²) in [7, 11) is 0. The second kappa shape index (κ2) is 8.47. The van der Waals surface area contributed by atoms with Gasteiger partial charge in [-0.05, 0) is 48.2 Å². The molecular formula is C22H22FN3O3S. The summed E-state index contributed by atoms with van der Waals surface area (Å²) in [6, 6.07) is 11.2. The molecule has 0 radical (unpaired) electrons. The minimum atomic E-state index is -0.652. The Labute approximate surface area is 178 Å². The number of halogens is 1. The van der Waals surface area contributed by atoms with Gasteiger partial charge in [0.25, 0.3) is 0 Å². The molecule has 3 amide bonds. The monoisotopic (exact) mass is 427 g/mol. The van der Waals surface area contributed by atoms with Crippen LogP contribution in [0.1, 0.15) is 18.1 Å². The number of hydrogen-bond donors (Lipinski definition) is 2. The average molecular weight is 428 g/mol. The Kier molecular flexibility index (Phi) is 5.76. The second-order valence-electron chi connectivity index (χ2n) is 7.43. The molecule has 6 nitrogen and oxygen atoms in total. The fourth-order valence-electron chi connectivity index (χ4n) is 3.79. The first-order valence-electron chi connectivity index (χ1n) is 9.79. The lowest BCUT2D eigenvalue weighted by Gasteiger charge is -2.28. The molecule has 0 unspecified atom stereocenters. The highest BCUT2D eigenvalue weighted by atomic mass is 32.2. The lowest BCUT2D eigenvalue weighted by molar-refractivity contribution is -0.126. The van der Waals surface area contributed by atoms with E-state index in [1.165, 1.54) is 24.8 Å². The topological polar surface area (TPSA) is 78.5 Å². The van der Waals surface area contributed by atoms with Crippen LogP contribution in [0.5, 0.6) is 0 Å². The molecule has 0 saturated carbocycles. The Balaban J connectivity index is 1.36. The van der Waals surface area contributed by atoms with Crippen molar-refractivity contribution in [3.8, 4) is 0 Å². The van der Waals surface area contributed by atoms with E-state index in [1.54, 1.807) is 29.2 Å². The van der Waals surface area contributed by atoms with Gasteiger partial charge < -0.3 is 15.5 Å². The Morgan fingerprint density at radius 2 is 2.07 bits per heavy atom. The van der Waals surface area contributed by atoms with Gasteiger partial charge in [-0.3, -0.25) is 14.4 Å². The summed E-state index contributed by atoms with van der Waals surface area (Å²) in [4.78, 5) is 38.5. The normalized spacial score (nSPS) is 20.5. The molecule has 2 aliphatic heterocycles. The molecule has 2 heterocycles. The van der Waals surface area contributed by atoms with Crippen molar-refractivity contribution in [1.29, 1.82) is 0 Å². The van der Waals surface area contributed by atoms with Gasteiger partial charge in [0.15, 0.2) is 0 Å². The Bertz CT molecular complexity index is 1010. The van der Waals surface area contributed by atoms with E-state index in [4.69, 9.17) is 0 Å². The first-order valence-corrected chi connectivity index (χ1v) is 10.8. The van der Waals surface area contributed by atoms with E-state index in [0.717, 1.165) is 17.7 Å². The first kappa shape index (κ1) is 20.4. The summed E-state index contributed by atoms with van der Waals surface area (Å²) in [5.74, 6) is -0.467. The summed E-state index contributed by atoms with van der Waals surface area (Å²) in [6.45, 7) is 2.18. The molecular weight excluding hydrogens is 405 g/mol. The number of nitrogens with one attached hydrogen (secondary N) is 2. The van der Waals surface area contributed by atoms with Crippen molar-refractivity contribution in [2.75, 3.05) is 22.5 Å². The first-order chi connectivity index (χ1) is 14.4. The molecule has 1 fully saturated rings. The predicted octanol–water partition coefficient (Wildman–Crippen LogP) is 2.52. The summed E-state index contributed by atoms with van der Waals surface area (Å²) in [5.41, 5.74) is 3.01. The molecule has 8 heteroatoms. The molecule has 4 rings (SSSR count). The van der Waals surface area contributed by atoms with Crippen molar-refractivity contribution < 1.29 is 18.8 Å². The van der Waals surface area contributed by atoms with E-state index in [9.17, 15) is 18.8 Å². The number of benzene rings is 2. The molecule has 1 saturated heterocycles. The Hall–Kier alpha value is -2.87. The van der Waals surface area contributed by atoms with Gasteiger partial charge in [-0.25, -0.2) is 4.39 Å². The number of amides is 3. The number of thioether (sulfide) groups is 1. The third-order valence-corrected chi connectivity index (χ3v) is 6.68. The van der Waals surface area contributed by atoms with Crippen LogP contribution >= 0.6 is 11.8 Å². The van der Waals surface area contributed by atoms with Crippen molar-refractivity contribution >= 4 is 40.9 Å². The van der Waals surface area contributed by atoms with E-state index in [-0.39, 0.29) is 30.0 Å². The Morgan fingerprint density at radius 3 is 2.80 bits per heavy atom. The molecule has 0 spiro atoms. The molecule has 2 aromatic rings. The summed E-state index contributed by atoms with van der Waals surface area (Å²) < 4.78 is 13.9. The van der Waals surface area contributed by atoms with Gasteiger partial charge in [0, 0.05) is 30.6 Å². The second-order valence-corrected chi connectivity index (χ2v) is 8.67. The van der Waals surface area contributed by atoms with Gasteiger partial charge in [0.05, 0.1) is 5.25 Å². The van der Waals surface area contributed by atoms with E-state index >= 15 is 0 Å². The van der Waals surface area contributed by atoms with E-state index in [1.807, 2.05) is 12.1 Å².